The summed E-state index contributed by atoms with van der Waals surface area (Å²) in [6.07, 6.45) is -1.32. The third kappa shape index (κ3) is 4.07. The molecule has 29 heavy (non-hydrogen) atoms. The molecule has 4 nitrogen and oxygen atoms in total. The van der Waals surface area contributed by atoms with E-state index in [4.69, 9.17) is 0 Å². The van der Waals surface area contributed by atoms with Crippen LogP contribution < -0.4 is 10.3 Å². The van der Waals surface area contributed by atoms with Crippen molar-refractivity contribution in [2.75, 3.05) is 0 Å². The number of aromatic nitrogens is 2. The molecule has 2 aromatic heterocycles. The predicted octanol–water partition coefficient (Wildman–Crippen LogP) is 5.50. The number of halogens is 4. The molecule has 0 N–H and O–H groups in total. The lowest BCUT2D eigenvalue weighted by molar-refractivity contribution is -0.274. The van der Waals surface area contributed by atoms with Gasteiger partial charge in [-0.3, -0.25) is 9.36 Å². The zero-order chi connectivity index (χ0) is 20.6. The predicted molar refractivity (Wildman–Crippen MR) is 107 cm³/mol. The number of hydrogen-bond acceptors (Lipinski definition) is 2. The number of alkyl halides is 3. The smallest absolute Gasteiger partial charge is 0.406 e. The quantitative estimate of drug-likeness (QED) is 0.401. The van der Waals surface area contributed by atoms with Crippen LogP contribution in [0.2, 0.25) is 0 Å². The van der Waals surface area contributed by atoms with Crippen molar-refractivity contribution in [2.24, 2.45) is 0 Å². The van der Waals surface area contributed by atoms with Crippen molar-refractivity contribution in [1.29, 1.82) is 0 Å². The Balaban J connectivity index is 1.77. The molecular weight excluding hydrogens is 449 g/mol. The Morgan fingerprint density at radius 3 is 2.31 bits per heavy atom. The summed E-state index contributed by atoms with van der Waals surface area (Å²) in [4.78, 5) is 13.2. The lowest BCUT2D eigenvalue weighted by Gasteiger charge is -2.12. The van der Waals surface area contributed by atoms with E-state index in [0.29, 0.717) is 22.2 Å². The average Bonchev–Trinajstić information content (AvgIpc) is 3.09. The highest BCUT2D eigenvalue weighted by Crippen LogP contribution is 2.26. The highest BCUT2D eigenvalue weighted by Gasteiger charge is 2.31. The van der Waals surface area contributed by atoms with E-state index < -0.39 is 6.36 Å². The zero-order valence-corrected chi connectivity index (χ0v) is 16.4. The van der Waals surface area contributed by atoms with Crippen LogP contribution in [-0.2, 0) is 6.54 Å². The number of pyridine rings is 1. The van der Waals surface area contributed by atoms with Crippen LogP contribution >= 0.6 is 15.9 Å². The first-order chi connectivity index (χ1) is 13.8. The van der Waals surface area contributed by atoms with Gasteiger partial charge in [0.2, 0.25) is 0 Å². The van der Waals surface area contributed by atoms with E-state index >= 15 is 0 Å². The summed E-state index contributed by atoms with van der Waals surface area (Å²) in [5.41, 5.74) is 1.71. The van der Waals surface area contributed by atoms with E-state index in [1.165, 1.54) is 28.8 Å². The first-order valence-corrected chi connectivity index (χ1v) is 9.41. The molecule has 0 aliphatic carbocycles. The molecule has 0 amide bonds. The molecule has 0 bridgehead atoms. The molecule has 4 rings (SSSR count). The van der Waals surface area contributed by atoms with Crippen molar-refractivity contribution in [3.63, 3.8) is 0 Å². The van der Waals surface area contributed by atoms with Crippen molar-refractivity contribution >= 4 is 26.8 Å². The van der Waals surface area contributed by atoms with Crippen molar-refractivity contribution in [3.05, 3.63) is 93.4 Å². The first kappa shape index (κ1) is 19.3. The lowest BCUT2D eigenvalue weighted by atomic mass is 10.2. The van der Waals surface area contributed by atoms with Crippen LogP contribution in [0.3, 0.4) is 0 Å². The fourth-order valence-corrected chi connectivity index (χ4v) is 3.70. The zero-order valence-electron chi connectivity index (χ0n) is 14.9. The third-order valence-electron chi connectivity index (χ3n) is 4.43. The Kier molecular flexibility index (Phi) is 4.96. The normalized spacial score (nSPS) is 11.7. The van der Waals surface area contributed by atoms with Crippen molar-refractivity contribution in [1.82, 2.24) is 9.13 Å². The van der Waals surface area contributed by atoms with E-state index in [2.05, 4.69) is 20.7 Å². The standard InChI is InChI=1S/C21H14BrF3N2O2/c22-18-13-27(15-6-8-16(9-7-15)29-21(23,24)25)20(28)19-17(18)10-11-26(19)12-14-4-2-1-3-5-14/h1-11,13H,12H2. The maximum absolute atomic E-state index is 13.2. The second kappa shape index (κ2) is 7.44. The van der Waals surface area contributed by atoms with Crippen LogP contribution in [-0.4, -0.2) is 15.5 Å². The molecule has 8 heteroatoms. The number of rotatable bonds is 4. The summed E-state index contributed by atoms with van der Waals surface area (Å²) in [5, 5.41) is 0.763. The molecule has 0 spiro atoms. The third-order valence-corrected chi connectivity index (χ3v) is 5.06. The summed E-state index contributed by atoms with van der Waals surface area (Å²) >= 11 is 3.49. The molecule has 148 valence electrons. The summed E-state index contributed by atoms with van der Waals surface area (Å²) in [5.74, 6) is -0.345. The molecule has 2 heterocycles. The lowest BCUT2D eigenvalue weighted by Crippen LogP contribution is -2.21. The monoisotopic (exact) mass is 462 g/mol. The Morgan fingerprint density at radius 1 is 0.966 bits per heavy atom. The van der Waals surface area contributed by atoms with Crippen molar-refractivity contribution < 1.29 is 17.9 Å². The van der Waals surface area contributed by atoms with E-state index in [0.717, 1.165) is 10.9 Å². The molecule has 0 saturated heterocycles. The summed E-state index contributed by atoms with van der Waals surface area (Å²) in [6, 6.07) is 16.8. The number of ether oxygens (including phenoxy) is 1. The SMILES string of the molecule is O=c1c2c(ccn2Cc2ccccc2)c(Br)cn1-c1ccc(OC(F)(F)F)cc1. The summed E-state index contributed by atoms with van der Waals surface area (Å²) < 4.78 is 44.9. The molecule has 0 aliphatic heterocycles. The maximum atomic E-state index is 13.2. The van der Waals surface area contributed by atoms with Crippen LogP contribution in [0, 0.1) is 0 Å². The van der Waals surface area contributed by atoms with E-state index in [1.54, 1.807) is 6.20 Å². The minimum absolute atomic E-state index is 0.270. The fraction of sp³-hybridized carbons (Fsp3) is 0.0952. The van der Waals surface area contributed by atoms with Gasteiger partial charge in [0.05, 0.1) is 0 Å². The number of nitrogens with zero attached hydrogens (tertiary/aromatic N) is 2. The van der Waals surface area contributed by atoms with Gasteiger partial charge in [0.1, 0.15) is 11.3 Å². The molecule has 0 saturated carbocycles. The van der Waals surface area contributed by atoms with Crippen LogP contribution in [0.4, 0.5) is 13.2 Å². The average molecular weight is 463 g/mol. The van der Waals surface area contributed by atoms with Gasteiger partial charge in [0, 0.05) is 34.5 Å². The van der Waals surface area contributed by atoms with Gasteiger partial charge in [-0.05, 0) is 51.8 Å². The largest absolute Gasteiger partial charge is 0.573 e. The molecule has 0 atom stereocenters. The number of benzene rings is 2. The van der Waals surface area contributed by atoms with Crippen LogP contribution in [0.25, 0.3) is 16.6 Å². The number of fused-ring (bicyclic) bond motifs is 1. The highest BCUT2D eigenvalue weighted by molar-refractivity contribution is 9.10. The van der Waals surface area contributed by atoms with E-state index in [-0.39, 0.29) is 11.3 Å². The van der Waals surface area contributed by atoms with Gasteiger partial charge in [0.15, 0.2) is 0 Å². The van der Waals surface area contributed by atoms with Gasteiger partial charge < -0.3 is 9.30 Å². The van der Waals surface area contributed by atoms with Gasteiger partial charge in [0.25, 0.3) is 5.56 Å². The van der Waals surface area contributed by atoms with E-state index in [1.807, 2.05) is 47.2 Å². The number of hydrogen-bond donors (Lipinski definition) is 0. The maximum Gasteiger partial charge on any atom is 0.573 e. The van der Waals surface area contributed by atoms with Gasteiger partial charge in [-0.25, -0.2) is 0 Å². The molecule has 0 radical (unpaired) electrons. The second-order valence-electron chi connectivity index (χ2n) is 6.39. The van der Waals surface area contributed by atoms with Crippen LogP contribution in [0.1, 0.15) is 5.56 Å². The second-order valence-corrected chi connectivity index (χ2v) is 7.24. The molecular formula is C21H14BrF3N2O2. The van der Waals surface area contributed by atoms with Crippen LogP contribution in [0.15, 0.2) is 82.3 Å². The minimum Gasteiger partial charge on any atom is -0.406 e. The van der Waals surface area contributed by atoms with Crippen LogP contribution in [0.5, 0.6) is 5.75 Å². The van der Waals surface area contributed by atoms with Gasteiger partial charge in [-0.15, -0.1) is 13.2 Å². The first-order valence-electron chi connectivity index (χ1n) is 8.62. The summed E-state index contributed by atoms with van der Waals surface area (Å²) in [6.45, 7) is 0.522. The molecule has 4 aromatic rings. The van der Waals surface area contributed by atoms with E-state index in [9.17, 15) is 18.0 Å². The van der Waals surface area contributed by atoms with Gasteiger partial charge in [-0.1, -0.05) is 30.3 Å². The molecule has 2 aromatic carbocycles. The molecule has 0 fully saturated rings. The highest BCUT2D eigenvalue weighted by atomic mass is 79.9. The Labute approximate surface area is 171 Å². The minimum atomic E-state index is -4.77. The molecule has 0 unspecified atom stereocenters. The topological polar surface area (TPSA) is 36.2 Å². The Hall–Kier alpha value is -3.00. The van der Waals surface area contributed by atoms with Crippen molar-refractivity contribution in [2.45, 2.75) is 12.9 Å². The van der Waals surface area contributed by atoms with Crippen molar-refractivity contribution in [3.8, 4) is 11.4 Å². The Morgan fingerprint density at radius 2 is 1.66 bits per heavy atom. The Bertz CT molecular complexity index is 1210. The molecule has 0 aliphatic rings. The fourth-order valence-electron chi connectivity index (χ4n) is 3.17. The summed E-state index contributed by atoms with van der Waals surface area (Å²) in [7, 11) is 0. The van der Waals surface area contributed by atoms with Gasteiger partial charge >= 0.3 is 6.36 Å². The van der Waals surface area contributed by atoms with Gasteiger partial charge in [-0.2, -0.15) is 0 Å².